The lowest BCUT2D eigenvalue weighted by Crippen LogP contribution is -2.42. The van der Waals surface area contributed by atoms with Crippen LogP contribution in [0.15, 0.2) is 18.2 Å². The van der Waals surface area contributed by atoms with Crippen molar-refractivity contribution in [2.75, 3.05) is 26.7 Å². The molecule has 0 radical (unpaired) electrons. The molecule has 1 amide bonds. The molecule has 23 heavy (non-hydrogen) atoms. The Balaban J connectivity index is 0.00000264. The zero-order chi connectivity index (χ0) is 16.3. The second-order valence-corrected chi connectivity index (χ2v) is 5.51. The van der Waals surface area contributed by atoms with Crippen molar-refractivity contribution in [3.8, 4) is 0 Å². The maximum absolute atomic E-state index is 13.8. The minimum atomic E-state index is -4.60. The van der Waals surface area contributed by atoms with Crippen LogP contribution in [-0.2, 0) is 6.18 Å². The third-order valence-corrected chi connectivity index (χ3v) is 3.82. The molecule has 1 unspecified atom stereocenters. The first kappa shape index (κ1) is 19.7. The predicted molar refractivity (Wildman–Crippen MR) is 81.2 cm³/mol. The van der Waals surface area contributed by atoms with Crippen molar-refractivity contribution in [1.29, 1.82) is 0 Å². The Kier molecular flexibility index (Phi) is 6.83. The number of carbonyl (C=O) groups excluding carboxylic acids is 1. The van der Waals surface area contributed by atoms with E-state index in [4.69, 9.17) is 0 Å². The maximum atomic E-state index is 13.8. The molecule has 1 N–H and O–H groups in total. The van der Waals surface area contributed by atoms with Crippen molar-refractivity contribution >= 4 is 18.3 Å². The Morgan fingerprint density at radius 3 is 2.70 bits per heavy atom. The first-order valence-corrected chi connectivity index (χ1v) is 7.13. The summed E-state index contributed by atoms with van der Waals surface area (Å²) >= 11 is 0. The highest BCUT2D eigenvalue weighted by Gasteiger charge is 2.33. The number of hydrogen-bond acceptors (Lipinski definition) is 2. The zero-order valence-corrected chi connectivity index (χ0v) is 13.4. The van der Waals surface area contributed by atoms with Crippen LogP contribution >= 0.6 is 12.4 Å². The molecular formula is C15H19ClF4N2O. The Labute approximate surface area is 138 Å². The Bertz CT molecular complexity index is 549. The van der Waals surface area contributed by atoms with Gasteiger partial charge in [-0.25, -0.2) is 4.39 Å². The molecule has 1 fully saturated rings. The van der Waals surface area contributed by atoms with E-state index in [9.17, 15) is 22.4 Å². The van der Waals surface area contributed by atoms with Crippen LogP contribution in [0.25, 0.3) is 0 Å². The van der Waals surface area contributed by atoms with E-state index in [1.54, 1.807) is 7.05 Å². The summed E-state index contributed by atoms with van der Waals surface area (Å²) in [6, 6.07) is 1.94. The Morgan fingerprint density at radius 1 is 1.39 bits per heavy atom. The molecule has 0 spiro atoms. The summed E-state index contributed by atoms with van der Waals surface area (Å²) in [7, 11) is 1.80. The third-order valence-electron chi connectivity index (χ3n) is 3.82. The normalized spacial score (nSPS) is 18.5. The molecule has 1 saturated heterocycles. The van der Waals surface area contributed by atoms with Gasteiger partial charge >= 0.3 is 6.18 Å². The lowest BCUT2D eigenvalue weighted by molar-refractivity contribution is -0.137. The van der Waals surface area contributed by atoms with Crippen molar-refractivity contribution in [1.82, 2.24) is 10.2 Å². The van der Waals surface area contributed by atoms with Gasteiger partial charge in [0.05, 0.1) is 11.1 Å². The number of carbonyl (C=O) groups is 1. The molecule has 1 aromatic rings. The highest BCUT2D eigenvalue weighted by molar-refractivity contribution is 5.94. The number of rotatable bonds is 3. The molecule has 0 aromatic heterocycles. The second kappa shape index (κ2) is 7.97. The van der Waals surface area contributed by atoms with Gasteiger partial charge in [-0.2, -0.15) is 13.2 Å². The number of nitrogens with zero attached hydrogens (tertiary/aromatic N) is 1. The molecule has 1 aromatic carbocycles. The Hall–Kier alpha value is -1.34. The van der Waals surface area contributed by atoms with E-state index >= 15 is 0 Å². The largest absolute Gasteiger partial charge is 0.416 e. The average molecular weight is 355 g/mol. The number of benzene rings is 1. The lowest BCUT2D eigenvalue weighted by Gasteiger charge is -2.33. The molecule has 0 saturated carbocycles. The van der Waals surface area contributed by atoms with Crippen LogP contribution in [0, 0.1) is 11.7 Å². The van der Waals surface area contributed by atoms with Gasteiger partial charge in [-0.3, -0.25) is 4.79 Å². The topological polar surface area (TPSA) is 32.3 Å². The number of amides is 1. The molecule has 8 heteroatoms. The van der Waals surface area contributed by atoms with Gasteiger partial charge in [0.15, 0.2) is 0 Å². The van der Waals surface area contributed by atoms with Gasteiger partial charge in [0.25, 0.3) is 5.91 Å². The fourth-order valence-electron chi connectivity index (χ4n) is 2.74. The van der Waals surface area contributed by atoms with Crippen LogP contribution in [0.3, 0.4) is 0 Å². The van der Waals surface area contributed by atoms with E-state index in [1.807, 2.05) is 0 Å². The van der Waals surface area contributed by atoms with Crippen molar-refractivity contribution < 1.29 is 22.4 Å². The summed E-state index contributed by atoms with van der Waals surface area (Å²) in [5.74, 6) is -1.37. The quantitative estimate of drug-likeness (QED) is 0.844. The van der Waals surface area contributed by atoms with E-state index < -0.39 is 29.0 Å². The fraction of sp³-hybridized carbons (Fsp3) is 0.533. The summed E-state index contributed by atoms with van der Waals surface area (Å²) in [6.45, 7) is 1.58. The lowest BCUT2D eigenvalue weighted by atomic mass is 9.97. The summed E-state index contributed by atoms with van der Waals surface area (Å²) in [5, 5.41) is 3.02. The van der Waals surface area contributed by atoms with Gasteiger partial charge in [-0.1, -0.05) is 0 Å². The number of alkyl halides is 3. The van der Waals surface area contributed by atoms with Crippen LogP contribution in [0.5, 0.6) is 0 Å². The standard InChI is InChI=1S/C15H18F4N2O.ClH/c1-20-8-10-3-2-6-21(9-10)14(22)12-7-11(15(17,18)19)4-5-13(12)16;/h4-5,7,10,20H,2-3,6,8-9H2,1H3;1H. The van der Waals surface area contributed by atoms with Crippen LogP contribution in [0.1, 0.15) is 28.8 Å². The number of nitrogens with one attached hydrogen (secondary N) is 1. The summed E-state index contributed by atoms with van der Waals surface area (Å²) in [4.78, 5) is 13.8. The highest BCUT2D eigenvalue weighted by atomic mass is 35.5. The van der Waals surface area contributed by atoms with Crippen LogP contribution in [-0.4, -0.2) is 37.5 Å². The predicted octanol–water partition coefficient (Wildman–Crippen LogP) is 3.34. The first-order chi connectivity index (χ1) is 10.3. The molecule has 130 valence electrons. The molecule has 1 aliphatic rings. The Morgan fingerprint density at radius 2 is 2.09 bits per heavy atom. The molecule has 2 rings (SSSR count). The zero-order valence-electron chi connectivity index (χ0n) is 12.6. The monoisotopic (exact) mass is 354 g/mol. The van der Waals surface area contributed by atoms with Crippen LogP contribution in [0.4, 0.5) is 17.6 Å². The number of hydrogen-bond donors (Lipinski definition) is 1. The van der Waals surface area contributed by atoms with E-state index in [0.717, 1.165) is 19.4 Å². The van der Waals surface area contributed by atoms with E-state index in [0.29, 0.717) is 31.3 Å². The molecule has 0 bridgehead atoms. The molecule has 1 heterocycles. The summed E-state index contributed by atoms with van der Waals surface area (Å²) in [6.07, 6.45) is -2.90. The van der Waals surface area contributed by atoms with Gasteiger partial charge < -0.3 is 10.2 Å². The van der Waals surface area contributed by atoms with Gasteiger partial charge in [-0.05, 0) is 50.6 Å². The fourth-order valence-corrected chi connectivity index (χ4v) is 2.74. The van der Waals surface area contributed by atoms with Crippen LogP contribution in [0.2, 0.25) is 0 Å². The smallest absolute Gasteiger partial charge is 0.338 e. The summed E-state index contributed by atoms with van der Waals surface area (Å²) < 4.78 is 51.9. The average Bonchev–Trinajstić information content (AvgIpc) is 2.46. The molecule has 3 nitrogen and oxygen atoms in total. The van der Waals surface area contributed by atoms with Crippen LogP contribution < -0.4 is 5.32 Å². The first-order valence-electron chi connectivity index (χ1n) is 7.13. The summed E-state index contributed by atoms with van der Waals surface area (Å²) in [5.41, 5.74) is -1.53. The van der Waals surface area contributed by atoms with Gasteiger partial charge in [-0.15, -0.1) is 12.4 Å². The SMILES string of the molecule is CNCC1CCCN(C(=O)c2cc(C(F)(F)F)ccc2F)C1.Cl. The highest BCUT2D eigenvalue weighted by Crippen LogP contribution is 2.31. The molecular weight excluding hydrogens is 336 g/mol. The van der Waals surface area contributed by atoms with E-state index in [2.05, 4.69) is 5.32 Å². The van der Waals surface area contributed by atoms with Gasteiger partial charge in [0, 0.05) is 13.1 Å². The van der Waals surface area contributed by atoms with Crippen molar-refractivity contribution in [3.63, 3.8) is 0 Å². The van der Waals surface area contributed by atoms with Gasteiger partial charge in [0.2, 0.25) is 0 Å². The van der Waals surface area contributed by atoms with Crippen molar-refractivity contribution in [2.45, 2.75) is 19.0 Å². The van der Waals surface area contributed by atoms with E-state index in [1.165, 1.54) is 4.90 Å². The van der Waals surface area contributed by atoms with Crippen molar-refractivity contribution in [3.05, 3.63) is 35.1 Å². The number of likely N-dealkylation sites (tertiary alicyclic amines) is 1. The minimum absolute atomic E-state index is 0. The molecule has 1 atom stereocenters. The third kappa shape index (κ3) is 4.81. The maximum Gasteiger partial charge on any atom is 0.416 e. The number of halogens is 5. The minimum Gasteiger partial charge on any atom is -0.338 e. The van der Waals surface area contributed by atoms with E-state index in [-0.39, 0.29) is 18.3 Å². The van der Waals surface area contributed by atoms with Gasteiger partial charge in [0.1, 0.15) is 5.82 Å². The molecule has 1 aliphatic heterocycles. The second-order valence-electron chi connectivity index (χ2n) is 5.51. The molecule has 0 aliphatic carbocycles. The van der Waals surface area contributed by atoms with Crippen molar-refractivity contribution in [2.24, 2.45) is 5.92 Å². The number of piperidine rings is 1.